The van der Waals surface area contributed by atoms with E-state index in [-0.39, 0.29) is 6.61 Å². The number of carbonyl (C=O) groups is 2. The fraction of sp³-hybridized carbons (Fsp3) is 0.0909. The van der Waals surface area contributed by atoms with E-state index in [1.165, 1.54) is 0 Å². The topological polar surface area (TPSA) is 76.7 Å². The molecule has 0 radical (unpaired) electrons. The second-order valence-corrected chi connectivity index (χ2v) is 5.78. The van der Waals surface area contributed by atoms with Crippen LogP contribution < -0.4 is 15.4 Å². The van der Waals surface area contributed by atoms with Gasteiger partial charge in [0.05, 0.1) is 17.9 Å². The van der Waals surface area contributed by atoms with Gasteiger partial charge in [-0.2, -0.15) is 0 Å². The molecule has 142 valence electrons. The standard InChI is InChI=1S/C22H20N2O4/c1-2-27-21(25)19-10-6-7-11-20(19)24-22(26)23-16-12-14-18(15-13-16)28-17-8-4-3-5-9-17/h3-15H,2H2,1H3,(H2,23,24,26). The van der Waals surface area contributed by atoms with Crippen LogP contribution in [0.25, 0.3) is 0 Å². The van der Waals surface area contributed by atoms with Crippen LogP contribution in [-0.2, 0) is 4.74 Å². The first kappa shape index (κ1) is 19.0. The van der Waals surface area contributed by atoms with Crippen molar-refractivity contribution in [1.82, 2.24) is 0 Å². The summed E-state index contributed by atoms with van der Waals surface area (Å²) in [6.07, 6.45) is 0. The van der Waals surface area contributed by atoms with E-state index in [2.05, 4.69) is 10.6 Å². The molecule has 0 heterocycles. The molecule has 3 rings (SSSR count). The number of hydrogen-bond donors (Lipinski definition) is 2. The number of urea groups is 1. The lowest BCUT2D eigenvalue weighted by atomic mass is 10.2. The maximum Gasteiger partial charge on any atom is 0.340 e. The minimum Gasteiger partial charge on any atom is -0.462 e. The summed E-state index contributed by atoms with van der Waals surface area (Å²) in [5.41, 5.74) is 1.26. The molecular weight excluding hydrogens is 356 g/mol. The highest BCUT2D eigenvalue weighted by Gasteiger charge is 2.14. The zero-order valence-electron chi connectivity index (χ0n) is 15.3. The highest BCUT2D eigenvalue weighted by atomic mass is 16.5. The van der Waals surface area contributed by atoms with Crippen molar-refractivity contribution in [3.05, 3.63) is 84.4 Å². The summed E-state index contributed by atoms with van der Waals surface area (Å²) in [5, 5.41) is 5.39. The van der Waals surface area contributed by atoms with Crippen LogP contribution in [0.15, 0.2) is 78.9 Å². The summed E-state index contributed by atoms with van der Waals surface area (Å²) < 4.78 is 10.7. The maximum absolute atomic E-state index is 12.3. The monoisotopic (exact) mass is 376 g/mol. The van der Waals surface area contributed by atoms with Crippen molar-refractivity contribution in [2.75, 3.05) is 17.2 Å². The van der Waals surface area contributed by atoms with E-state index in [0.29, 0.717) is 22.7 Å². The van der Waals surface area contributed by atoms with Gasteiger partial charge in [0, 0.05) is 5.69 Å². The molecule has 28 heavy (non-hydrogen) atoms. The number of nitrogens with one attached hydrogen (secondary N) is 2. The Labute approximate surface area is 163 Å². The van der Waals surface area contributed by atoms with Gasteiger partial charge in [0.15, 0.2) is 0 Å². The third kappa shape index (κ3) is 5.11. The van der Waals surface area contributed by atoms with Crippen molar-refractivity contribution < 1.29 is 19.1 Å². The molecule has 3 aromatic carbocycles. The molecule has 0 saturated heterocycles. The summed E-state index contributed by atoms with van der Waals surface area (Å²) in [4.78, 5) is 24.3. The first-order valence-electron chi connectivity index (χ1n) is 8.83. The maximum atomic E-state index is 12.3. The lowest BCUT2D eigenvalue weighted by Gasteiger charge is -2.12. The van der Waals surface area contributed by atoms with Gasteiger partial charge in [-0.15, -0.1) is 0 Å². The zero-order valence-corrected chi connectivity index (χ0v) is 15.3. The SMILES string of the molecule is CCOC(=O)c1ccccc1NC(=O)Nc1ccc(Oc2ccccc2)cc1. The fourth-order valence-electron chi connectivity index (χ4n) is 2.49. The van der Waals surface area contributed by atoms with E-state index in [1.807, 2.05) is 30.3 Å². The summed E-state index contributed by atoms with van der Waals surface area (Å²) in [5.74, 6) is 0.905. The Hall–Kier alpha value is -3.80. The Balaban J connectivity index is 1.62. The normalized spacial score (nSPS) is 10.0. The number of para-hydroxylation sites is 2. The highest BCUT2D eigenvalue weighted by molar-refractivity contribution is 6.05. The quantitative estimate of drug-likeness (QED) is 0.572. The predicted molar refractivity (Wildman–Crippen MR) is 108 cm³/mol. The van der Waals surface area contributed by atoms with Crippen LogP contribution in [0.2, 0.25) is 0 Å². The Morgan fingerprint density at radius 2 is 1.43 bits per heavy atom. The molecule has 6 nitrogen and oxygen atoms in total. The van der Waals surface area contributed by atoms with Crippen molar-refractivity contribution >= 4 is 23.4 Å². The molecule has 0 spiro atoms. The summed E-state index contributed by atoms with van der Waals surface area (Å²) in [7, 11) is 0. The summed E-state index contributed by atoms with van der Waals surface area (Å²) in [6, 6.07) is 22.6. The lowest BCUT2D eigenvalue weighted by molar-refractivity contribution is 0.0527. The van der Waals surface area contributed by atoms with Crippen molar-refractivity contribution in [2.45, 2.75) is 6.92 Å². The first-order chi connectivity index (χ1) is 13.7. The third-order valence-electron chi connectivity index (χ3n) is 3.76. The number of ether oxygens (including phenoxy) is 2. The molecule has 0 bridgehead atoms. The Bertz CT molecular complexity index is 940. The molecule has 6 heteroatoms. The molecule has 0 unspecified atom stereocenters. The third-order valence-corrected chi connectivity index (χ3v) is 3.76. The lowest BCUT2D eigenvalue weighted by Crippen LogP contribution is -2.21. The van der Waals surface area contributed by atoms with Gasteiger partial charge < -0.3 is 20.1 Å². The molecule has 0 saturated carbocycles. The van der Waals surface area contributed by atoms with Gasteiger partial charge >= 0.3 is 12.0 Å². The van der Waals surface area contributed by atoms with Gasteiger partial charge in [0.25, 0.3) is 0 Å². The molecule has 3 aromatic rings. The second-order valence-electron chi connectivity index (χ2n) is 5.78. The van der Waals surface area contributed by atoms with E-state index in [9.17, 15) is 9.59 Å². The first-order valence-corrected chi connectivity index (χ1v) is 8.83. The number of anilines is 2. The van der Waals surface area contributed by atoms with Gasteiger partial charge in [0.2, 0.25) is 0 Å². The van der Waals surface area contributed by atoms with Gasteiger partial charge in [0.1, 0.15) is 11.5 Å². The van der Waals surface area contributed by atoms with Crippen LogP contribution >= 0.6 is 0 Å². The molecule has 0 aliphatic carbocycles. The average Bonchev–Trinajstić information content (AvgIpc) is 2.71. The van der Waals surface area contributed by atoms with Crippen molar-refractivity contribution in [3.8, 4) is 11.5 Å². The number of esters is 1. The van der Waals surface area contributed by atoms with Crippen molar-refractivity contribution in [3.63, 3.8) is 0 Å². The highest BCUT2D eigenvalue weighted by Crippen LogP contribution is 2.23. The molecule has 2 amide bonds. The minimum absolute atomic E-state index is 0.261. The molecule has 0 atom stereocenters. The van der Waals surface area contributed by atoms with E-state index >= 15 is 0 Å². The van der Waals surface area contributed by atoms with Crippen LogP contribution in [0.4, 0.5) is 16.2 Å². The smallest absolute Gasteiger partial charge is 0.340 e. The largest absolute Gasteiger partial charge is 0.462 e. The Morgan fingerprint density at radius 1 is 0.786 bits per heavy atom. The molecule has 0 aliphatic heterocycles. The Kier molecular flexibility index (Phi) is 6.25. The van der Waals surface area contributed by atoms with Gasteiger partial charge in [-0.25, -0.2) is 9.59 Å². The van der Waals surface area contributed by atoms with Crippen LogP contribution in [0.3, 0.4) is 0 Å². The van der Waals surface area contributed by atoms with Crippen LogP contribution in [0, 0.1) is 0 Å². The number of benzene rings is 3. The number of rotatable bonds is 6. The number of carbonyl (C=O) groups excluding carboxylic acids is 2. The molecule has 0 aliphatic rings. The van der Waals surface area contributed by atoms with Crippen molar-refractivity contribution in [2.24, 2.45) is 0 Å². The summed E-state index contributed by atoms with van der Waals surface area (Å²) in [6.45, 7) is 1.99. The zero-order chi connectivity index (χ0) is 19.8. The minimum atomic E-state index is -0.485. The van der Waals surface area contributed by atoms with Crippen molar-refractivity contribution in [1.29, 1.82) is 0 Å². The number of amides is 2. The van der Waals surface area contributed by atoms with Gasteiger partial charge in [-0.3, -0.25) is 0 Å². The van der Waals surface area contributed by atoms with Gasteiger partial charge in [-0.05, 0) is 55.5 Å². The fourth-order valence-corrected chi connectivity index (χ4v) is 2.49. The van der Waals surface area contributed by atoms with E-state index in [4.69, 9.17) is 9.47 Å². The van der Waals surface area contributed by atoms with Crippen LogP contribution in [0.1, 0.15) is 17.3 Å². The van der Waals surface area contributed by atoms with Gasteiger partial charge in [-0.1, -0.05) is 30.3 Å². The summed E-state index contributed by atoms with van der Waals surface area (Å²) >= 11 is 0. The molecule has 0 aromatic heterocycles. The van der Waals surface area contributed by atoms with Crippen LogP contribution in [0.5, 0.6) is 11.5 Å². The molecule has 0 fully saturated rings. The van der Waals surface area contributed by atoms with Crippen LogP contribution in [-0.4, -0.2) is 18.6 Å². The average molecular weight is 376 g/mol. The van der Waals surface area contributed by atoms with E-state index < -0.39 is 12.0 Å². The molecular formula is C22H20N2O4. The molecule has 2 N–H and O–H groups in total. The van der Waals surface area contributed by atoms with E-state index in [1.54, 1.807) is 55.5 Å². The van der Waals surface area contributed by atoms with E-state index in [0.717, 1.165) is 5.75 Å². The number of hydrogen-bond acceptors (Lipinski definition) is 4. The predicted octanol–water partition coefficient (Wildman–Crippen LogP) is 5.30. The Morgan fingerprint density at radius 3 is 2.14 bits per heavy atom. The second kappa shape index (κ2) is 9.23.